The molecule has 2 heterocycles. The third-order valence-corrected chi connectivity index (χ3v) is 7.12. The van der Waals surface area contributed by atoms with Crippen LogP contribution in [0.15, 0.2) is 53.7 Å². The van der Waals surface area contributed by atoms with Crippen molar-refractivity contribution in [3.05, 3.63) is 65.7 Å². The number of carbonyl (C=O) groups is 1. The van der Waals surface area contributed by atoms with Crippen LogP contribution < -0.4 is 4.74 Å². The number of hydrogen-bond donors (Lipinski definition) is 0. The minimum Gasteiger partial charge on any atom is -0.497 e. The van der Waals surface area contributed by atoms with Gasteiger partial charge < -0.3 is 4.74 Å². The maximum atomic E-state index is 13.6. The third-order valence-electron chi connectivity index (χ3n) is 6.08. The fourth-order valence-electron chi connectivity index (χ4n) is 4.13. The van der Waals surface area contributed by atoms with Crippen molar-refractivity contribution in [2.45, 2.75) is 49.6 Å². The van der Waals surface area contributed by atoms with Gasteiger partial charge in [0.05, 0.1) is 18.4 Å². The number of piperidine rings is 1. The average molecular weight is 469 g/mol. The molecule has 2 aromatic carbocycles. The highest BCUT2D eigenvalue weighted by Gasteiger charge is 2.27. The minimum atomic E-state index is -0.375. The first-order valence-corrected chi connectivity index (χ1v) is 12.2. The summed E-state index contributed by atoms with van der Waals surface area (Å²) in [6.07, 6.45) is 3.59. The van der Waals surface area contributed by atoms with Crippen molar-refractivity contribution >= 4 is 17.5 Å². The number of halogens is 1. The lowest BCUT2D eigenvalue weighted by molar-refractivity contribution is 0.0994. The largest absolute Gasteiger partial charge is 0.497 e. The summed E-state index contributed by atoms with van der Waals surface area (Å²) < 4.78 is 20.8. The summed E-state index contributed by atoms with van der Waals surface area (Å²) in [4.78, 5) is 15.5. The molecule has 0 bridgehead atoms. The molecule has 33 heavy (non-hydrogen) atoms. The molecule has 0 aliphatic carbocycles. The molecule has 1 aromatic heterocycles. The standard InChI is InChI=1S/C25H29FN4O2S/c1-17(29-15-5-4-6-16-29)24-27-28-25(30(24)21-11-9-20(26)10-12-21)33-18(2)23(31)19-7-13-22(32-3)14-8-19/h7-14,17-18H,4-6,15-16H2,1-3H3. The van der Waals surface area contributed by atoms with E-state index < -0.39 is 0 Å². The molecule has 174 valence electrons. The first kappa shape index (κ1) is 23.4. The smallest absolute Gasteiger partial charge is 0.196 e. The normalized spacial score (nSPS) is 16.4. The lowest BCUT2D eigenvalue weighted by atomic mass is 10.1. The van der Waals surface area contributed by atoms with Gasteiger partial charge in [-0.1, -0.05) is 18.2 Å². The van der Waals surface area contributed by atoms with Crippen molar-refractivity contribution in [1.82, 2.24) is 19.7 Å². The molecule has 1 aliphatic rings. The predicted molar refractivity (Wildman–Crippen MR) is 128 cm³/mol. The van der Waals surface area contributed by atoms with Crippen molar-refractivity contribution in [2.24, 2.45) is 0 Å². The number of rotatable bonds is 8. The number of benzene rings is 2. The van der Waals surface area contributed by atoms with E-state index in [1.54, 1.807) is 43.5 Å². The fraction of sp³-hybridized carbons (Fsp3) is 0.400. The van der Waals surface area contributed by atoms with Crippen LogP contribution in [0.25, 0.3) is 5.69 Å². The van der Waals surface area contributed by atoms with E-state index >= 15 is 0 Å². The first-order valence-electron chi connectivity index (χ1n) is 11.3. The van der Waals surface area contributed by atoms with E-state index in [1.807, 2.05) is 11.5 Å². The zero-order valence-electron chi connectivity index (χ0n) is 19.2. The summed E-state index contributed by atoms with van der Waals surface area (Å²) in [5, 5.41) is 9.23. The van der Waals surface area contributed by atoms with Gasteiger partial charge in [0.2, 0.25) is 0 Å². The molecule has 0 N–H and O–H groups in total. The maximum Gasteiger partial charge on any atom is 0.196 e. The molecule has 0 amide bonds. The summed E-state index contributed by atoms with van der Waals surface area (Å²) in [7, 11) is 1.60. The van der Waals surface area contributed by atoms with Crippen LogP contribution in [0.3, 0.4) is 0 Å². The second-order valence-electron chi connectivity index (χ2n) is 8.28. The number of Topliss-reactive ketones (excluding diaryl/α,β-unsaturated/α-hetero) is 1. The summed E-state index contributed by atoms with van der Waals surface area (Å²) in [6, 6.07) is 13.5. The number of ketones is 1. The maximum absolute atomic E-state index is 13.6. The highest BCUT2D eigenvalue weighted by atomic mass is 32.2. The molecule has 2 atom stereocenters. The number of thioether (sulfide) groups is 1. The number of methoxy groups -OCH3 is 1. The fourth-order valence-corrected chi connectivity index (χ4v) is 5.08. The van der Waals surface area contributed by atoms with Crippen LogP contribution in [0.5, 0.6) is 5.75 Å². The van der Waals surface area contributed by atoms with Crippen LogP contribution in [-0.2, 0) is 0 Å². The molecule has 1 aliphatic heterocycles. The Morgan fingerprint density at radius 3 is 2.30 bits per heavy atom. The summed E-state index contributed by atoms with van der Waals surface area (Å²) in [5.41, 5.74) is 1.40. The number of ether oxygens (including phenoxy) is 1. The molecule has 1 saturated heterocycles. The SMILES string of the molecule is COc1ccc(C(=O)C(C)Sc2nnc(C(C)N3CCCCC3)n2-c2ccc(F)cc2)cc1. The molecule has 0 radical (unpaired) electrons. The Morgan fingerprint density at radius 2 is 1.67 bits per heavy atom. The van der Waals surface area contributed by atoms with E-state index in [0.717, 1.165) is 24.6 Å². The summed E-state index contributed by atoms with van der Waals surface area (Å²) in [5.74, 6) is 1.21. The predicted octanol–water partition coefficient (Wildman–Crippen LogP) is 5.33. The van der Waals surface area contributed by atoms with E-state index in [9.17, 15) is 9.18 Å². The van der Waals surface area contributed by atoms with E-state index in [-0.39, 0.29) is 22.9 Å². The van der Waals surface area contributed by atoms with Gasteiger partial charge in [0.15, 0.2) is 16.8 Å². The average Bonchev–Trinajstić information content (AvgIpc) is 3.27. The highest BCUT2D eigenvalue weighted by molar-refractivity contribution is 8.00. The monoisotopic (exact) mass is 468 g/mol. The van der Waals surface area contributed by atoms with Gasteiger partial charge >= 0.3 is 0 Å². The van der Waals surface area contributed by atoms with Gasteiger partial charge in [-0.2, -0.15) is 0 Å². The van der Waals surface area contributed by atoms with Crippen LogP contribution in [0, 0.1) is 5.82 Å². The molecule has 3 aromatic rings. The van der Waals surface area contributed by atoms with Crippen molar-refractivity contribution < 1.29 is 13.9 Å². The highest BCUT2D eigenvalue weighted by Crippen LogP contribution is 2.32. The lowest BCUT2D eigenvalue weighted by Crippen LogP contribution is -2.33. The number of nitrogens with zero attached hydrogens (tertiary/aromatic N) is 4. The Bertz CT molecular complexity index is 1080. The van der Waals surface area contributed by atoms with E-state index in [0.29, 0.717) is 16.5 Å². The minimum absolute atomic E-state index is 0.00179. The van der Waals surface area contributed by atoms with E-state index in [4.69, 9.17) is 4.74 Å². The number of hydrogen-bond acceptors (Lipinski definition) is 6. The Kier molecular flexibility index (Phi) is 7.45. The molecule has 8 heteroatoms. The van der Waals surface area contributed by atoms with Gasteiger partial charge in [0.1, 0.15) is 11.6 Å². The summed E-state index contributed by atoms with van der Waals surface area (Å²) in [6.45, 7) is 6.04. The van der Waals surface area contributed by atoms with Gasteiger partial charge in [-0.05, 0) is 88.3 Å². The lowest BCUT2D eigenvalue weighted by Gasteiger charge is -2.32. The molecule has 6 nitrogen and oxygen atoms in total. The number of carbonyl (C=O) groups excluding carboxylic acids is 1. The zero-order chi connectivity index (χ0) is 23.4. The Balaban J connectivity index is 1.63. The van der Waals surface area contributed by atoms with Gasteiger partial charge in [0, 0.05) is 11.3 Å². The number of aromatic nitrogens is 3. The molecule has 2 unspecified atom stereocenters. The molecule has 4 rings (SSSR count). The Morgan fingerprint density at radius 1 is 1.00 bits per heavy atom. The quantitative estimate of drug-likeness (QED) is 0.329. The van der Waals surface area contributed by atoms with E-state index in [1.165, 1.54) is 43.2 Å². The van der Waals surface area contributed by atoms with E-state index in [2.05, 4.69) is 22.0 Å². The molecule has 0 saturated carbocycles. The van der Waals surface area contributed by atoms with Crippen LogP contribution in [0.4, 0.5) is 4.39 Å². The van der Waals surface area contributed by atoms with Crippen LogP contribution in [0.1, 0.15) is 55.3 Å². The second kappa shape index (κ2) is 10.5. The topological polar surface area (TPSA) is 60.2 Å². The van der Waals surface area contributed by atoms with Crippen molar-refractivity contribution in [3.8, 4) is 11.4 Å². The molecule has 1 fully saturated rings. The molecular weight excluding hydrogens is 439 g/mol. The van der Waals surface area contributed by atoms with Gasteiger partial charge in [-0.25, -0.2) is 4.39 Å². The third kappa shape index (κ3) is 5.28. The summed E-state index contributed by atoms with van der Waals surface area (Å²) >= 11 is 1.36. The van der Waals surface area contributed by atoms with Gasteiger partial charge in [0.25, 0.3) is 0 Å². The first-order chi connectivity index (χ1) is 16.0. The van der Waals surface area contributed by atoms with Crippen LogP contribution in [-0.4, -0.2) is 50.9 Å². The molecule has 0 spiro atoms. The zero-order valence-corrected chi connectivity index (χ0v) is 20.0. The van der Waals surface area contributed by atoms with Crippen LogP contribution >= 0.6 is 11.8 Å². The number of likely N-dealkylation sites (tertiary alicyclic amines) is 1. The second-order valence-corrected chi connectivity index (χ2v) is 9.59. The van der Waals surface area contributed by atoms with Crippen molar-refractivity contribution in [2.75, 3.05) is 20.2 Å². The van der Waals surface area contributed by atoms with Gasteiger partial charge in [-0.3, -0.25) is 14.3 Å². The van der Waals surface area contributed by atoms with Crippen molar-refractivity contribution in [1.29, 1.82) is 0 Å². The van der Waals surface area contributed by atoms with Gasteiger partial charge in [-0.15, -0.1) is 10.2 Å². The Labute approximate surface area is 198 Å². The Hall–Kier alpha value is -2.71. The van der Waals surface area contributed by atoms with Crippen LogP contribution in [0.2, 0.25) is 0 Å². The molecular formula is C25H29FN4O2S. The van der Waals surface area contributed by atoms with Crippen molar-refractivity contribution in [3.63, 3.8) is 0 Å².